The lowest BCUT2D eigenvalue weighted by molar-refractivity contribution is -0.0548. The lowest BCUT2D eigenvalue weighted by atomic mass is 9.79. The summed E-state index contributed by atoms with van der Waals surface area (Å²) in [6, 6.07) is 6.08. The summed E-state index contributed by atoms with van der Waals surface area (Å²) in [4.78, 5) is 11.0. The fourth-order valence-corrected chi connectivity index (χ4v) is 2.47. The topological polar surface area (TPSA) is 37.3 Å². The second-order valence-electron chi connectivity index (χ2n) is 4.45. The van der Waals surface area contributed by atoms with Crippen molar-refractivity contribution in [1.82, 2.24) is 0 Å². The number of carbonyl (C=O) groups is 1. The number of aromatic carboxylic acids is 1. The summed E-state index contributed by atoms with van der Waals surface area (Å²) < 4.78 is 27.6. The molecule has 92 valence electrons. The number of benzene rings is 1. The van der Waals surface area contributed by atoms with Crippen LogP contribution in [0.25, 0.3) is 0 Å². The number of alkyl halides is 2. The molecule has 1 saturated carbocycles. The predicted octanol–water partition coefficient (Wildman–Crippen LogP) is 3.68. The average Bonchev–Trinajstić information content (AvgIpc) is 2.28. The van der Waals surface area contributed by atoms with Crippen molar-refractivity contribution < 1.29 is 18.7 Å². The molecule has 2 nitrogen and oxygen atoms in total. The van der Waals surface area contributed by atoms with Gasteiger partial charge in [-0.1, -0.05) is 24.6 Å². The highest BCUT2D eigenvalue weighted by molar-refractivity contribution is 5.89. The van der Waals surface area contributed by atoms with Gasteiger partial charge in [0.05, 0.1) is 5.56 Å². The third-order valence-corrected chi connectivity index (χ3v) is 3.33. The van der Waals surface area contributed by atoms with Gasteiger partial charge in [-0.25, -0.2) is 13.6 Å². The first-order valence-corrected chi connectivity index (χ1v) is 5.72. The third kappa shape index (κ3) is 2.30. The highest BCUT2D eigenvalue weighted by Crippen LogP contribution is 2.45. The van der Waals surface area contributed by atoms with Crippen LogP contribution in [0.2, 0.25) is 0 Å². The quantitative estimate of drug-likeness (QED) is 0.856. The summed E-state index contributed by atoms with van der Waals surface area (Å²) in [7, 11) is 0. The van der Waals surface area contributed by atoms with Gasteiger partial charge < -0.3 is 5.11 Å². The Kier molecular flexibility index (Phi) is 3.13. The molecule has 4 heteroatoms. The summed E-state index contributed by atoms with van der Waals surface area (Å²) in [6.07, 6.45) is 1.45. The Bertz CT molecular complexity index is 429. The van der Waals surface area contributed by atoms with Gasteiger partial charge in [-0.2, -0.15) is 0 Å². The van der Waals surface area contributed by atoms with Crippen molar-refractivity contribution in [3.05, 3.63) is 35.4 Å². The summed E-state index contributed by atoms with van der Waals surface area (Å²) in [5.74, 6) is -4.88. The first kappa shape index (κ1) is 12.0. The van der Waals surface area contributed by atoms with Gasteiger partial charge in [0.25, 0.3) is 5.92 Å². The van der Waals surface area contributed by atoms with Gasteiger partial charge >= 0.3 is 5.97 Å². The first-order valence-electron chi connectivity index (χ1n) is 5.72. The fraction of sp³-hybridized carbons (Fsp3) is 0.462. The van der Waals surface area contributed by atoms with Crippen molar-refractivity contribution in [2.45, 2.75) is 37.5 Å². The Morgan fingerprint density at radius 2 is 2.00 bits per heavy atom. The average molecular weight is 240 g/mol. The van der Waals surface area contributed by atoms with Crippen LogP contribution in [-0.2, 0) is 0 Å². The molecule has 0 heterocycles. The van der Waals surface area contributed by atoms with E-state index in [1.165, 1.54) is 12.1 Å². The van der Waals surface area contributed by atoms with Crippen LogP contribution in [0, 0.1) is 0 Å². The van der Waals surface area contributed by atoms with Gasteiger partial charge in [0.2, 0.25) is 0 Å². The molecule has 1 unspecified atom stereocenters. The van der Waals surface area contributed by atoms with E-state index in [9.17, 15) is 13.6 Å². The van der Waals surface area contributed by atoms with E-state index in [1.807, 2.05) is 0 Å². The van der Waals surface area contributed by atoms with Crippen molar-refractivity contribution in [3.63, 3.8) is 0 Å². The molecule has 1 atom stereocenters. The van der Waals surface area contributed by atoms with E-state index in [0.29, 0.717) is 12.8 Å². The number of carboxylic acid groups (broad SMARTS) is 1. The van der Waals surface area contributed by atoms with E-state index >= 15 is 0 Å². The Balaban J connectivity index is 2.42. The molecule has 1 N–H and O–H groups in total. The lowest BCUT2D eigenvalue weighted by Gasteiger charge is -2.32. The number of halogens is 2. The molecule has 0 saturated heterocycles. The van der Waals surface area contributed by atoms with Crippen molar-refractivity contribution in [2.75, 3.05) is 0 Å². The van der Waals surface area contributed by atoms with E-state index in [-0.39, 0.29) is 17.5 Å². The van der Waals surface area contributed by atoms with E-state index in [4.69, 9.17) is 5.11 Å². The van der Waals surface area contributed by atoms with Crippen LogP contribution in [0.3, 0.4) is 0 Å². The van der Waals surface area contributed by atoms with Gasteiger partial charge in [-0.05, 0) is 24.5 Å². The maximum atomic E-state index is 13.8. The summed E-state index contributed by atoms with van der Waals surface area (Å²) in [6.45, 7) is 0. The maximum Gasteiger partial charge on any atom is 0.335 e. The van der Waals surface area contributed by atoms with Crippen molar-refractivity contribution in [3.8, 4) is 0 Å². The first-order chi connectivity index (χ1) is 8.02. The SMILES string of the molecule is O=C(O)c1ccccc1C1CCCCC1(F)F. The molecule has 0 bridgehead atoms. The smallest absolute Gasteiger partial charge is 0.335 e. The molecule has 2 rings (SSSR count). The van der Waals surface area contributed by atoms with E-state index in [0.717, 1.165) is 6.42 Å². The Morgan fingerprint density at radius 1 is 1.29 bits per heavy atom. The minimum atomic E-state index is -2.79. The van der Waals surface area contributed by atoms with Crippen LogP contribution in [0.1, 0.15) is 47.5 Å². The Labute approximate surface area is 98.3 Å². The van der Waals surface area contributed by atoms with Crippen molar-refractivity contribution >= 4 is 5.97 Å². The van der Waals surface area contributed by atoms with Gasteiger partial charge in [-0.15, -0.1) is 0 Å². The molecule has 17 heavy (non-hydrogen) atoms. The van der Waals surface area contributed by atoms with Gasteiger partial charge in [-0.3, -0.25) is 0 Å². The molecule has 1 aliphatic rings. The summed E-state index contributed by atoms with van der Waals surface area (Å²) in [5, 5.41) is 9.02. The zero-order valence-corrected chi connectivity index (χ0v) is 9.33. The zero-order chi connectivity index (χ0) is 12.5. The summed E-state index contributed by atoms with van der Waals surface area (Å²) >= 11 is 0. The minimum absolute atomic E-state index is 0.000856. The van der Waals surface area contributed by atoms with Crippen LogP contribution in [0.4, 0.5) is 8.78 Å². The standard InChI is InChI=1S/C13H14F2O2/c14-13(15)8-4-3-7-11(13)9-5-1-2-6-10(9)12(16)17/h1-2,5-6,11H,3-4,7-8H2,(H,16,17). The van der Waals surface area contributed by atoms with Gasteiger partial charge in [0.1, 0.15) is 0 Å². The molecule has 1 fully saturated rings. The summed E-state index contributed by atoms with van der Waals surface area (Å²) in [5.41, 5.74) is 0.267. The Morgan fingerprint density at radius 3 is 2.65 bits per heavy atom. The minimum Gasteiger partial charge on any atom is -0.478 e. The largest absolute Gasteiger partial charge is 0.478 e. The fourth-order valence-electron chi connectivity index (χ4n) is 2.47. The monoisotopic (exact) mass is 240 g/mol. The highest BCUT2D eigenvalue weighted by Gasteiger charge is 2.43. The molecule has 0 aromatic heterocycles. The predicted molar refractivity (Wildman–Crippen MR) is 59.6 cm³/mol. The second kappa shape index (κ2) is 4.43. The lowest BCUT2D eigenvalue weighted by Crippen LogP contribution is -2.31. The maximum absolute atomic E-state index is 13.8. The molecule has 0 radical (unpaired) electrons. The van der Waals surface area contributed by atoms with Crippen molar-refractivity contribution in [2.24, 2.45) is 0 Å². The molecular weight excluding hydrogens is 226 g/mol. The van der Waals surface area contributed by atoms with Crippen LogP contribution in [0.15, 0.2) is 24.3 Å². The second-order valence-corrected chi connectivity index (χ2v) is 4.45. The normalized spacial score (nSPS) is 23.3. The molecule has 1 aromatic rings. The molecule has 1 aliphatic carbocycles. The molecular formula is C13H14F2O2. The molecule has 0 spiro atoms. The van der Waals surface area contributed by atoms with E-state index < -0.39 is 17.8 Å². The highest BCUT2D eigenvalue weighted by atomic mass is 19.3. The van der Waals surface area contributed by atoms with Gasteiger partial charge in [0, 0.05) is 12.3 Å². The van der Waals surface area contributed by atoms with Crippen LogP contribution in [-0.4, -0.2) is 17.0 Å². The van der Waals surface area contributed by atoms with E-state index in [1.54, 1.807) is 12.1 Å². The van der Waals surface area contributed by atoms with Crippen molar-refractivity contribution in [1.29, 1.82) is 0 Å². The molecule has 0 aliphatic heterocycles. The van der Waals surface area contributed by atoms with Crippen LogP contribution < -0.4 is 0 Å². The zero-order valence-electron chi connectivity index (χ0n) is 9.33. The number of hydrogen-bond donors (Lipinski definition) is 1. The van der Waals surface area contributed by atoms with E-state index in [2.05, 4.69) is 0 Å². The number of rotatable bonds is 2. The van der Waals surface area contributed by atoms with Crippen LogP contribution in [0.5, 0.6) is 0 Å². The third-order valence-electron chi connectivity index (χ3n) is 3.33. The number of carboxylic acids is 1. The number of hydrogen-bond acceptors (Lipinski definition) is 1. The Hall–Kier alpha value is -1.45. The van der Waals surface area contributed by atoms with Crippen LogP contribution >= 0.6 is 0 Å². The van der Waals surface area contributed by atoms with Gasteiger partial charge in [0.15, 0.2) is 0 Å². The molecule has 0 amide bonds. The molecule has 1 aromatic carbocycles.